The van der Waals surface area contributed by atoms with Crippen molar-refractivity contribution < 1.29 is 0 Å². The van der Waals surface area contributed by atoms with E-state index in [1.165, 1.54) is 105 Å². The van der Waals surface area contributed by atoms with Crippen LogP contribution in [0.2, 0.25) is 0 Å². The summed E-state index contributed by atoms with van der Waals surface area (Å²) in [5, 5.41) is 2.47. The summed E-state index contributed by atoms with van der Waals surface area (Å²) in [6, 6.07) is 96.3. The van der Waals surface area contributed by atoms with Gasteiger partial charge in [0.2, 0.25) is 0 Å². The van der Waals surface area contributed by atoms with Gasteiger partial charge in [-0.25, -0.2) is 0 Å². The minimum absolute atomic E-state index is 0.0329. The van der Waals surface area contributed by atoms with Crippen molar-refractivity contribution >= 4 is 27.8 Å². The molecule has 0 heterocycles. The highest BCUT2D eigenvalue weighted by Crippen LogP contribution is 2.62. The van der Waals surface area contributed by atoms with Crippen molar-refractivity contribution in [3.8, 4) is 44.5 Å². The maximum Gasteiger partial charge on any atom is 0.0714 e. The van der Waals surface area contributed by atoms with Gasteiger partial charge in [0, 0.05) is 22.1 Å². The van der Waals surface area contributed by atoms with Crippen LogP contribution in [0, 0.1) is 0 Å². The lowest BCUT2D eigenvalue weighted by atomic mass is 9.68. The van der Waals surface area contributed by atoms with Crippen LogP contribution in [-0.4, -0.2) is 0 Å². The SMILES string of the molecule is CC(C)(C)c1cc(-c2cccc3cccc(-c4ccccc4N(c4cccc5c4-c4ccccc4C5(C)c4ccccc4)c4cccc5c4-c4ccccc4C5(c4ccccc4)c4ccccc4)c23)cc(C(C)(C)C)c1. The standard InChI is InChI=1S/C75H63N/c1-72(2,3)55-47-51(48-56(49-55)73(4,5)6)57-38-23-27-50-28-24-39-59(69(50)57)58-35-19-22-44-66(58)76(67-45-25-42-64-70(67)60-36-17-20-40-62(60)74(64,7)52-29-11-8-12-30-52)68-46-26-43-65-71(68)61-37-18-21-41-63(61)75(65,53-31-13-9-14-32-53)54-33-15-10-16-34-54/h8-49H,1-7H3. The molecule has 76 heavy (non-hydrogen) atoms. The highest BCUT2D eigenvalue weighted by Gasteiger charge is 2.48. The first-order chi connectivity index (χ1) is 36.9. The van der Waals surface area contributed by atoms with Crippen molar-refractivity contribution in [3.05, 3.63) is 305 Å². The van der Waals surface area contributed by atoms with Gasteiger partial charge in [0.1, 0.15) is 0 Å². The predicted molar refractivity (Wildman–Crippen MR) is 322 cm³/mol. The highest BCUT2D eigenvalue weighted by molar-refractivity contribution is 6.10. The number of rotatable bonds is 8. The quantitative estimate of drug-likeness (QED) is 0.147. The fourth-order valence-electron chi connectivity index (χ4n) is 13.2. The Morgan fingerprint density at radius 2 is 0.724 bits per heavy atom. The molecular formula is C75H63N. The molecule has 0 bridgehead atoms. The van der Waals surface area contributed by atoms with E-state index in [4.69, 9.17) is 0 Å². The van der Waals surface area contributed by atoms with Gasteiger partial charge in [-0.15, -0.1) is 0 Å². The van der Waals surface area contributed by atoms with Crippen LogP contribution in [0.25, 0.3) is 55.3 Å². The number of hydrogen-bond donors (Lipinski definition) is 0. The van der Waals surface area contributed by atoms with Crippen LogP contribution < -0.4 is 4.90 Å². The second kappa shape index (κ2) is 17.8. The fraction of sp³-hybridized carbons (Fsp3) is 0.147. The Morgan fingerprint density at radius 1 is 0.316 bits per heavy atom. The van der Waals surface area contributed by atoms with Crippen LogP contribution in [0.15, 0.2) is 255 Å². The molecule has 368 valence electrons. The Balaban J connectivity index is 1.15. The lowest BCUT2D eigenvalue weighted by Crippen LogP contribution is -2.28. The van der Waals surface area contributed by atoms with Crippen molar-refractivity contribution in [3.63, 3.8) is 0 Å². The van der Waals surface area contributed by atoms with Gasteiger partial charge in [0.25, 0.3) is 0 Å². The number of para-hydroxylation sites is 1. The molecule has 0 N–H and O–H groups in total. The molecule has 0 aliphatic heterocycles. The molecule has 13 rings (SSSR count). The fourth-order valence-corrected chi connectivity index (χ4v) is 13.2. The largest absolute Gasteiger partial charge is 0.309 e. The molecule has 1 atom stereocenters. The molecule has 2 aliphatic carbocycles. The van der Waals surface area contributed by atoms with E-state index >= 15 is 0 Å². The van der Waals surface area contributed by atoms with E-state index in [0.29, 0.717) is 0 Å². The summed E-state index contributed by atoms with van der Waals surface area (Å²) >= 11 is 0. The molecule has 0 saturated carbocycles. The second-order valence-electron chi connectivity index (χ2n) is 23.3. The molecule has 0 fully saturated rings. The molecule has 1 heteroatoms. The smallest absolute Gasteiger partial charge is 0.0714 e. The average molecular weight is 978 g/mol. The molecule has 0 spiro atoms. The van der Waals surface area contributed by atoms with Gasteiger partial charge in [-0.1, -0.05) is 278 Å². The van der Waals surface area contributed by atoms with Crippen LogP contribution >= 0.6 is 0 Å². The zero-order valence-corrected chi connectivity index (χ0v) is 44.7. The number of anilines is 3. The number of nitrogens with zero attached hydrogens (tertiary/aromatic N) is 1. The van der Waals surface area contributed by atoms with E-state index in [1.54, 1.807) is 0 Å². The molecule has 1 unspecified atom stereocenters. The number of benzene rings is 11. The molecule has 0 amide bonds. The predicted octanol–water partition coefficient (Wildman–Crippen LogP) is 19.9. The first-order valence-electron chi connectivity index (χ1n) is 27.1. The van der Waals surface area contributed by atoms with Gasteiger partial charge in [-0.2, -0.15) is 0 Å². The van der Waals surface area contributed by atoms with Gasteiger partial charge >= 0.3 is 0 Å². The van der Waals surface area contributed by atoms with Crippen molar-refractivity contribution in [2.24, 2.45) is 0 Å². The summed E-state index contributed by atoms with van der Waals surface area (Å²) in [5.41, 5.74) is 23.9. The Bertz CT molecular complexity index is 3940. The molecule has 0 saturated heterocycles. The molecule has 2 aliphatic rings. The molecule has 11 aromatic carbocycles. The van der Waals surface area contributed by atoms with Crippen molar-refractivity contribution in [2.45, 2.75) is 70.1 Å². The minimum Gasteiger partial charge on any atom is -0.309 e. The minimum atomic E-state index is -0.579. The number of hydrogen-bond acceptors (Lipinski definition) is 1. The topological polar surface area (TPSA) is 3.24 Å². The Labute approximate surface area is 449 Å². The van der Waals surface area contributed by atoms with Crippen LogP contribution in [0.4, 0.5) is 17.1 Å². The molecular weight excluding hydrogens is 915 g/mol. The van der Waals surface area contributed by atoms with Crippen molar-refractivity contribution in [2.75, 3.05) is 4.90 Å². The lowest BCUT2D eigenvalue weighted by molar-refractivity contribution is 0.569. The second-order valence-corrected chi connectivity index (χ2v) is 23.3. The third-order valence-electron chi connectivity index (χ3n) is 16.9. The van der Waals surface area contributed by atoms with E-state index < -0.39 is 10.8 Å². The van der Waals surface area contributed by atoms with Gasteiger partial charge in [-0.3, -0.25) is 0 Å². The Hall–Kier alpha value is -8.52. The molecule has 1 nitrogen and oxygen atoms in total. The highest BCUT2D eigenvalue weighted by atomic mass is 15.2. The van der Waals surface area contributed by atoms with Crippen molar-refractivity contribution in [1.82, 2.24) is 0 Å². The molecule has 11 aromatic rings. The van der Waals surface area contributed by atoms with Crippen LogP contribution in [0.1, 0.15) is 98.5 Å². The Kier molecular flexibility index (Phi) is 11.1. The normalized spacial score (nSPS) is 15.2. The Morgan fingerprint density at radius 3 is 1.30 bits per heavy atom. The van der Waals surface area contributed by atoms with Crippen LogP contribution in [0.3, 0.4) is 0 Å². The van der Waals surface area contributed by atoms with Crippen molar-refractivity contribution in [1.29, 1.82) is 0 Å². The molecule has 0 aromatic heterocycles. The summed E-state index contributed by atoms with van der Waals surface area (Å²) in [4.78, 5) is 2.64. The maximum atomic E-state index is 2.64. The van der Waals surface area contributed by atoms with E-state index in [0.717, 1.165) is 17.1 Å². The lowest BCUT2D eigenvalue weighted by Gasteiger charge is -2.35. The third kappa shape index (κ3) is 7.20. The van der Waals surface area contributed by atoms with E-state index in [2.05, 4.69) is 308 Å². The van der Waals surface area contributed by atoms with E-state index in [9.17, 15) is 0 Å². The summed E-state index contributed by atoms with van der Waals surface area (Å²) in [7, 11) is 0. The molecule has 0 radical (unpaired) electrons. The summed E-state index contributed by atoms with van der Waals surface area (Å²) < 4.78 is 0. The van der Waals surface area contributed by atoms with Gasteiger partial charge in [-0.05, 0) is 125 Å². The third-order valence-corrected chi connectivity index (χ3v) is 16.9. The maximum absolute atomic E-state index is 2.64. The number of fused-ring (bicyclic) bond motifs is 7. The van der Waals surface area contributed by atoms with Crippen LogP contribution in [0.5, 0.6) is 0 Å². The van der Waals surface area contributed by atoms with Gasteiger partial charge in [0.15, 0.2) is 0 Å². The van der Waals surface area contributed by atoms with E-state index in [-0.39, 0.29) is 10.8 Å². The van der Waals surface area contributed by atoms with Gasteiger partial charge in [0.05, 0.1) is 22.5 Å². The van der Waals surface area contributed by atoms with E-state index in [1.807, 2.05) is 0 Å². The van der Waals surface area contributed by atoms with Gasteiger partial charge < -0.3 is 4.90 Å². The zero-order valence-electron chi connectivity index (χ0n) is 44.7. The first-order valence-corrected chi connectivity index (χ1v) is 27.1. The van der Waals surface area contributed by atoms with Crippen LogP contribution in [-0.2, 0) is 21.7 Å². The summed E-state index contributed by atoms with van der Waals surface area (Å²) in [6.07, 6.45) is 0. The summed E-state index contributed by atoms with van der Waals surface area (Å²) in [5.74, 6) is 0. The first kappa shape index (κ1) is 47.2. The monoisotopic (exact) mass is 977 g/mol. The summed E-state index contributed by atoms with van der Waals surface area (Å²) in [6.45, 7) is 16.4. The zero-order chi connectivity index (χ0) is 52.0. The average Bonchev–Trinajstić information content (AvgIpc) is 4.03.